The van der Waals surface area contributed by atoms with Gasteiger partial charge in [-0.05, 0) is 50.6 Å². The molecule has 0 spiro atoms. The smallest absolute Gasteiger partial charge is 0.420 e. The fourth-order valence-corrected chi connectivity index (χ4v) is 5.37. The van der Waals surface area contributed by atoms with E-state index < -0.39 is 15.8 Å². The first kappa shape index (κ1) is 23.1. The molecule has 0 N–H and O–H groups in total. The van der Waals surface area contributed by atoms with Gasteiger partial charge >= 0.3 is 5.76 Å². The van der Waals surface area contributed by atoms with Crippen molar-refractivity contribution in [2.75, 3.05) is 32.8 Å². The molecule has 0 atom stereocenters. The molecule has 0 unspecified atom stereocenters. The van der Waals surface area contributed by atoms with E-state index in [-0.39, 0.29) is 55.2 Å². The third-order valence-corrected chi connectivity index (χ3v) is 7.58. The quantitative estimate of drug-likeness (QED) is 0.545. The number of nitrogens with zero attached hydrogens (tertiary/aromatic N) is 3. The molecule has 3 aromatic rings. The van der Waals surface area contributed by atoms with Crippen LogP contribution in [0.15, 0.2) is 56.6 Å². The highest BCUT2D eigenvalue weighted by atomic mass is 32.2. The van der Waals surface area contributed by atoms with Crippen molar-refractivity contribution in [1.29, 1.82) is 0 Å². The lowest BCUT2D eigenvalue weighted by Crippen LogP contribution is -2.51. The van der Waals surface area contributed by atoms with Crippen LogP contribution in [0, 0.1) is 6.92 Å². The number of hydrogen-bond acceptors (Lipinski definition) is 6. The number of benzene rings is 2. The van der Waals surface area contributed by atoms with Gasteiger partial charge in [-0.1, -0.05) is 12.1 Å². The second-order valence-corrected chi connectivity index (χ2v) is 10.3. The van der Waals surface area contributed by atoms with Gasteiger partial charge in [-0.2, -0.15) is 4.31 Å². The summed E-state index contributed by atoms with van der Waals surface area (Å²) in [5, 5.41) is 0. The van der Waals surface area contributed by atoms with E-state index in [1.165, 1.54) is 21.0 Å². The van der Waals surface area contributed by atoms with E-state index in [1.807, 2.05) is 39.0 Å². The Bertz CT molecular complexity index is 1330. The molecule has 0 saturated carbocycles. The van der Waals surface area contributed by atoms with Crippen LogP contribution in [0.4, 0.5) is 0 Å². The lowest BCUT2D eigenvalue weighted by molar-refractivity contribution is -0.134. The second kappa shape index (κ2) is 9.03. The number of aryl methyl sites for hydroxylation is 1. The van der Waals surface area contributed by atoms with Gasteiger partial charge in [0.15, 0.2) is 12.2 Å². The fraction of sp³-hybridized carbons (Fsp3) is 0.391. The summed E-state index contributed by atoms with van der Waals surface area (Å²) < 4.78 is 40.0. The van der Waals surface area contributed by atoms with E-state index in [2.05, 4.69) is 0 Å². The molecule has 2 heterocycles. The van der Waals surface area contributed by atoms with Crippen molar-refractivity contribution in [3.8, 4) is 5.75 Å². The van der Waals surface area contributed by atoms with E-state index in [0.717, 1.165) is 5.56 Å². The minimum atomic E-state index is -3.79. The Morgan fingerprint density at radius 3 is 2.48 bits per heavy atom. The van der Waals surface area contributed by atoms with Crippen molar-refractivity contribution in [2.45, 2.75) is 31.7 Å². The molecule has 176 valence electrons. The van der Waals surface area contributed by atoms with Gasteiger partial charge in [0.05, 0.1) is 10.4 Å². The predicted molar refractivity (Wildman–Crippen MR) is 123 cm³/mol. The predicted octanol–water partition coefficient (Wildman–Crippen LogP) is 2.40. The summed E-state index contributed by atoms with van der Waals surface area (Å²) in [6.45, 7) is 6.45. The maximum Gasteiger partial charge on any atom is 0.420 e. The number of amides is 1. The number of ether oxygens (including phenoxy) is 1. The first-order valence-electron chi connectivity index (χ1n) is 10.8. The summed E-state index contributed by atoms with van der Waals surface area (Å²) in [7, 11) is -3.79. The van der Waals surface area contributed by atoms with Gasteiger partial charge < -0.3 is 14.1 Å². The summed E-state index contributed by atoms with van der Waals surface area (Å²) in [5.74, 6) is -0.0840. The molecule has 0 bridgehead atoms. The highest BCUT2D eigenvalue weighted by Gasteiger charge is 2.31. The number of piperazine rings is 1. The maximum atomic E-state index is 13.1. The number of oxazole rings is 1. The number of carbonyl (C=O) groups is 1. The van der Waals surface area contributed by atoms with Crippen LogP contribution in [0.25, 0.3) is 11.1 Å². The molecule has 9 nitrogen and oxygen atoms in total. The van der Waals surface area contributed by atoms with Crippen LogP contribution in [0.2, 0.25) is 0 Å². The molecule has 1 aliphatic heterocycles. The van der Waals surface area contributed by atoms with Crippen molar-refractivity contribution < 1.29 is 22.4 Å². The van der Waals surface area contributed by atoms with Crippen molar-refractivity contribution in [2.24, 2.45) is 0 Å². The van der Waals surface area contributed by atoms with Crippen molar-refractivity contribution >= 4 is 27.0 Å². The van der Waals surface area contributed by atoms with E-state index in [4.69, 9.17) is 9.15 Å². The molecule has 1 aliphatic rings. The number of rotatable bonds is 6. The maximum absolute atomic E-state index is 13.1. The van der Waals surface area contributed by atoms with E-state index in [0.29, 0.717) is 11.3 Å². The molecule has 1 aromatic heterocycles. The molecule has 1 saturated heterocycles. The molecule has 0 radical (unpaired) electrons. The molecular weight excluding hydrogens is 446 g/mol. The summed E-state index contributed by atoms with van der Waals surface area (Å²) >= 11 is 0. The zero-order valence-corrected chi connectivity index (χ0v) is 19.7. The topological polar surface area (TPSA) is 102 Å². The molecule has 10 heteroatoms. The first-order valence-corrected chi connectivity index (χ1v) is 12.2. The zero-order chi connectivity index (χ0) is 23.8. The molecular formula is C23H27N3O6S. The average Bonchev–Trinajstić information content (AvgIpc) is 3.12. The van der Waals surface area contributed by atoms with Gasteiger partial charge in [-0.3, -0.25) is 9.36 Å². The van der Waals surface area contributed by atoms with Gasteiger partial charge in [0.1, 0.15) is 5.75 Å². The Morgan fingerprint density at radius 2 is 1.82 bits per heavy atom. The van der Waals surface area contributed by atoms with Gasteiger partial charge in [0.2, 0.25) is 10.0 Å². The van der Waals surface area contributed by atoms with E-state index in [9.17, 15) is 18.0 Å². The largest absolute Gasteiger partial charge is 0.484 e. The van der Waals surface area contributed by atoms with Gasteiger partial charge in [-0.15, -0.1) is 0 Å². The van der Waals surface area contributed by atoms with E-state index >= 15 is 0 Å². The molecule has 33 heavy (non-hydrogen) atoms. The Labute approximate surface area is 192 Å². The number of carbonyl (C=O) groups excluding carboxylic acids is 1. The molecule has 0 aliphatic carbocycles. The minimum absolute atomic E-state index is 0.0576. The summed E-state index contributed by atoms with van der Waals surface area (Å²) in [4.78, 5) is 26.3. The lowest BCUT2D eigenvalue weighted by atomic mass is 10.2. The Morgan fingerprint density at radius 1 is 1.09 bits per heavy atom. The standard InChI is InChI=1S/C23H27N3O6S/c1-16(2)26-20-8-7-19(14-21(20)32-23(26)28)33(29,30)25-11-9-24(10-12-25)22(27)15-31-18-6-4-5-17(3)13-18/h4-8,13-14,16H,9-12,15H2,1-3H3. The zero-order valence-electron chi connectivity index (χ0n) is 18.9. The molecule has 4 rings (SSSR count). The number of fused-ring (bicyclic) bond motifs is 1. The molecule has 1 fully saturated rings. The summed E-state index contributed by atoms with van der Waals surface area (Å²) in [6, 6.07) is 11.8. The van der Waals surface area contributed by atoms with Crippen molar-refractivity contribution in [3.05, 3.63) is 58.6 Å². The van der Waals surface area contributed by atoms with Crippen molar-refractivity contribution in [1.82, 2.24) is 13.8 Å². The van der Waals surface area contributed by atoms with Gasteiger partial charge in [0.25, 0.3) is 5.91 Å². The van der Waals surface area contributed by atoms with Crippen LogP contribution in [0.1, 0.15) is 25.5 Å². The first-order chi connectivity index (χ1) is 15.7. The third-order valence-electron chi connectivity index (χ3n) is 5.68. The second-order valence-electron chi connectivity index (χ2n) is 8.35. The highest BCUT2D eigenvalue weighted by molar-refractivity contribution is 7.89. The Hall–Kier alpha value is -3.11. The Kier molecular flexibility index (Phi) is 6.31. The van der Waals surface area contributed by atoms with Gasteiger partial charge in [0, 0.05) is 38.3 Å². The SMILES string of the molecule is Cc1cccc(OCC(=O)N2CCN(S(=O)(=O)c3ccc4c(c3)oc(=O)n4C(C)C)CC2)c1. The van der Waals surface area contributed by atoms with Crippen LogP contribution in [0.5, 0.6) is 5.75 Å². The van der Waals surface area contributed by atoms with E-state index in [1.54, 1.807) is 17.0 Å². The molecule has 2 aromatic carbocycles. The van der Waals surface area contributed by atoms with Crippen LogP contribution < -0.4 is 10.5 Å². The van der Waals surface area contributed by atoms with Crippen LogP contribution in [-0.2, 0) is 14.8 Å². The van der Waals surface area contributed by atoms with Gasteiger partial charge in [-0.25, -0.2) is 13.2 Å². The lowest BCUT2D eigenvalue weighted by Gasteiger charge is -2.34. The number of hydrogen-bond donors (Lipinski definition) is 0. The fourth-order valence-electron chi connectivity index (χ4n) is 3.93. The number of sulfonamides is 1. The van der Waals surface area contributed by atoms with Crippen LogP contribution in [0.3, 0.4) is 0 Å². The number of aromatic nitrogens is 1. The monoisotopic (exact) mass is 473 g/mol. The minimum Gasteiger partial charge on any atom is -0.484 e. The highest BCUT2D eigenvalue weighted by Crippen LogP contribution is 2.24. The third kappa shape index (κ3) is 4.67. The van der Waals surface area contributed by atoms with Crippen LogP contribution in [-0.4, -0.2) is 60.9 Å². The van der Waals surface area contributed by atoms with Crippen molar-refractivity contribution in [3.63, 3.8) is 0 Å². The molecule has 1 amide bonds. The normalized spacial score (nSPS) is 15.3. The van der Waals surface area contributed by atoms with Crippen LogP contribution >= 0.6 is 0 Å². The summed E-state index contributed by atoms with van der Waals surface area (Å²) in [6.07, 6.45) is 0. The Balaban J connectivity index is 1.41. The summed E-state index contributed by atoms with van der Waals surface area (Å²) in [5.41, 5.74) is 1.83. The average molecular weight is 474 g/mol.